The Morgan fingerprint density at radius 1 is 1.33 bits per heavy atom. The van der Waals surface area contributed by atoms with Gasteiger partial charge in [0.05, 0.1) is 6.20 Å². The maximum absolute atomic E-state index is 13.2. The van der Waals surface area contributed by atoms with Gasteiger partial charge >= 0.3 is 0 Å². The molecule has 0 spiro atoms. The zero-order valence-electron chi connectivity index (χ0n) is 8.27. The number of oxazole rings is 1. The summed E-state index contributed by atoms with van der Waals surface area (Å²) in [5.74, 6) is 0.316. The maximum atomic E-state index is 13.2. The predicted octanol–water partition coefficient (Wildman–Crippen LogP) is 3.67. The van der Waals surface area contributed by atoms with E-state index in [2.05, 4.69) is 4.98 Å². The molecule has 0 N–H and O–H groups in total. The summed E-state index contributed by atoms with van der Waals surface area (Å²) in [6.07, 6.45) is 4.52. The van der Waals surface area contributed by atoms with Crippen molar-refractivity contribution in [1.82, 2.24) is 4.98 Å². The molecule has 0 saturated carbocycles. The van der Waals surface area contributed by atoms with Gasteiger partial charge in [0, 0.05) is 11.1 Å². The van der Waals surface area contributed by atoms with Crippen LogP contribution in [0.1, 0.15) is 12.5 Å². The van der Waals surface area contributed by atoms with Gasteiger partial charge in [0.15, 0.2) is 0 Å². The molecule has 2 aromatic rings. The van der Waals surface area contributed by atoms with E-state index in [-0.39, 0.29) is 5.83 Å². The fraction of sp³-hybridized carbons (Fsp3) is 0.0833. The minimum absolute atomic E-state index is 0.228. The number of aromatic nitrogens is 1. The summed E-state index contributed by atoms with van der Waals surface area (Å²) >= 11 is 0. The summed E-state index contributed by atoms with van der Waals surface area (Å²) in [6.45, 7) is 1.66. The van der Waals surface area contributed by atoms with Gasteiger partial charge in [0.1, 0.15) is 12.1 Å². The molecule has 0 radical (unpaired) electrons. The Morgan fingerprint density at radius 2 is 2.07 bits per heavy atom. The zero-order valence-corrected chi connectivity index (χ0v) is 8.27. The average molecular weight is 203 g/mol. The van der Waals surface area contributed by atoms with Gasteiger partial charge in [-0.1, -0.05) is 18.2 Å². The first-order chi connectivity index (χ1) is 7.31. The van der Waals surface area contributed by atoms with Crippen LogP contribution in [-0.2, 0) is 0 Å². The lowest BCUT2D eigenvalue weighted by molar-refractivity contribution is 0.574. The van der Waals surface area contributed by atoms with Crippen LogP contribution in [0.4, 0.5) is 4.39 Å². The molecule has 0 saturated heterocycles. The van der Waals surface area contributed by atoms with Crippen LogP contribution in [0.2, 0.25) is 0 Å². The van der Waals surface area contributed by atoms with E-state index < -0.39 is 0 Å². The van der Waals surface area contributed by atoms with Gasteiger partial charge in [-0.3, -0.25) is 0 Å². The van der Waals surface area contributed by atoms with Crippen LogP contribution in [0.3, 0.4) is 0 Å². The Morgan fingerprint density at radius 3 is 2.60 bits per heavy atom. The summed E-state index contributed by atoms with van der Waals surface area (Å²) in [4.78, 5) is 4.01. The van der Waals surface area contributed by atoms with Crippen molar-refractivity contribution in [2.24, 2.45) is 0 Å². The Balaban J connectivity index is 2.33. The molecule has 15 heavy (non-hydrogen) atoms. The third-order valence-corrected chi connectivity index (χ3v) is 2.09. The molecule has 0 fully saturated rings. The van der Waals surface area contributed by atoms with Crippen LogP contribution in [0, 0.1) is 0 Å². The monoisotopic (exact) mass is 203 g/mol. The molecular weight excluding hydrogens is 193 g/mol. The van der Waals surface area contributed by atoms with Gasteiger partial charge in [0.2, 0.25) is 5.89 Å². The highest BCUT2D eigenvalue weighted by molar-refractivity contribution is 5.63. The lowest BCUT2D eigenvalue weighted by atomic mass is 10.1. The predicted molar refractivity (Wildman–Crippen MR) is 56.7 cm³/mol. The first-order valence-electron chi connectivity index (χ1n) is 4.63. The quantitative estimate of drug-likeness (QED) is 0.744. The molecule has 2 nitrogen and oxygen atoms in total. The minimum atomic E-state index is -0.228. The molecule has 0 unspecified atom stereocenters. The van der Waals surface area contributed by atoms with E-state index in [4.69, 9.17) is 4.42 Å². The number of hydrogen-bond acceptors (Lipinski definition) is 2. The summed E-state index contributed by atoms with van der Waals surface area (Å²) in [7, 11) is 0. The van der Waals surface area contributed by atoms with Gasteiger partial charge in [0.25, 0.3) is 0 Å². The van der Waals surface area contributed by atoms with E-state index in [1.54, 1.807) is 37.4 Å². The Hall–Kier alpha value is -1.90. The second kappa shape index (κ2) is 4.09. The standard InChI is InChI=1S/C12H10FNO/c1-2-11(13)9-3-5-10(6-4-9)12-14-7-8-15-12/h2-8H,1H3/b11-2+. The van der Waals surface area contributed by atoms with Crippen molar-refractivity contribution in [1.29, 1.82) is 0 Å². The third kappa shape index (κ3) is 1.96. The topological polar surface area (TPSA) is 26.0 Å². The molecule has 0 bridgehead atoms. The summed E-state index contributed by atoms with van der Waals surface area (Å²) in [6, 6.07) is 6.97. The van der Waals surface area contributed by atoms with Crippen LogP contribution in [0.5, 0.6) is 0 Å². The fourth-order valence-corrected chi connectivity index (χ4v) is 1.30. The molecule has 76 valence electrons. The van der Waals surface area contributed by atoms with E-state index in [0.717, 1.165) is 5.56 Å². The Labute approximate surface area is 87.1 Å². The van der Waals surface area contributed by atoms with E-state index >= 15 is 0 Å². The number of allylic oxidation sites excluding steroid dienone is 1. The number of hydrogen-bond donors (Lipinski definition) is 0. The largest absolute Gasteiger partial charge is 0.445 e. The first-order valence-corrected chi connectivity index (χ1v) is 4.63. The molecule has 3 heteroatoms. The zero-order chi connectivity index (χ0) is 10.7. The van der Waals surface area contributed by atoms with Crippen molar-refractivity contribution in [2.45, 2.75) is 6.92 Å². The average Bonchev–Trinajstić information content (AvgIpc) is 2.82. The molecule has 1 aromatic heterocycles. The molecule has 0 amide bonds. The van der Waals surface area contributed by atoms with Crippen LogP contribution >= 0.6 is 0 Å². The highest BCUT2D eigenvalue weighted by Gasteiger charge is 2.03. The fourth-order valence-electron chi connectivity index (χ4n) is 1.30. The number of rotatable bonds is 2. The van der Waals surface area contributed by atoms with Crippen LogP contribution in [0.25, 0.3) is 17.3 Å². The van der Waals surface area contributed by atoms with Crippen molar-refractivity contribution in [2.75, 3.05) is 0 Å². The summed E-state index contributed by atoms with van der Waals surface area (Å²) in [5.41, 5.74) is 1.40. The molecule has 0 aliphatic heterocycles. The highest BCUT2D eigenvalue weighted by Crippen LogP contribution is 2.21. The van der Waals surface area contributed by atoms with Crippen LogP contribution < -0.4 is 0 Å². The second-order valence-electron chi connectivity index (χ2n) is 3.05. The van der Waals surface area contributed by atoms with Crippen molar-refractivity contribution in [3.63, 3.8) is 0 Å². The number of benzene rings is 1. The number of nitrogens with zero attached hydrogens (tertiary/aromatic N) is 1. The van der Waals surface area contributed by atoms with Gasteiger partial charge in [-0.05, 0) is 19.1 Å². The number of halogens is 1. The SMILES string of the molecule is C/C=C(/F)c1ccc(-c2ncco2)cc1. The Kier molecular flexibility index (Phi) is 2.63. The summed E-state index contributed by atoms with van der Waals surface area (Å²) in [5, 5.41) is 0. The molecule has 0 atom stereocenters. The highest BCUT2D eigenvalue weighted by atomic mass is 19.1. The van der Waals surface area contributed by atoms with E-state index in [1.807, 2.05) is 0 Å². The van der Waals surface area contributed by atoms with Crippen molar-refractivity contribution < 1.29 is 8.81 Å². The first kappa shape index (κ1) is 9.65. The van der Waals surface area contributed by atoms with Gasteiger partial charge in [-0.2, -0.15) is 0 Å². The molecule has 1 aromatic carbocycles. The normalized spacial score (nSPS) is 11.7. The molecule has 0 aliphatic rings. The van der Waals surface area contributed by atoms with E-state index in [0.29, 0.717) is 11.5 Å². The van der Waals surface area contributed by atoms with Crippen LogP contribution in [-0.4, -0.2) is 4.98 Å². The molecule has 1 heterocycles. The van der Waals surface area contributed by atoms with Gasteiger partial charge in [-0.15, -0.1) is 0 Å². The molecule has 0 aliphatic carbocycles. The van der Waals surface area contributed by atoms with Gasteiger partial charge in [-0.25, -0.2) is 9.37 Å². The smallest absolute Gasteiger partial charge is 0.225 e. The van der Waals surface area contributed by atoms with Crippen molar-refractivity contribution >= 4 is 5.83 Å². The van der Waals surface area contributed by atoms with Crippen molar-refractivity contribution in [3.05, 3.63) is 48.4 Å². The second-order valence-corrected chi connectivity index (χ2v) is 3.05. The van der Waals surface area contributed by atoms with Crippen molar-refractivity contribution in [3.8, 4) is 11.5 Å². The lowest BCUT2D eigenvalue weighted by Crippen LogP contribution is -1.80. The van der Waals surface area contributed by atoms with Gasteiger partial charge < -0.3 is 4.42 Å². The lowest BCUT2D eigenvalue weighted by Gasteiger charge is -1.98. The Bertz CT molecular complexity index is 457. The maximum Gasteiger partial charge on any atom is 0.225 e. The molecule has 2 rings (SSSR count). The summed E-state index contributed by atoms with van der Waals surface area (Å²) < 4.78 is 18.3. The minimum Gasteiger partial charge on any atom is -0.445 e. The third-order valence-electron chi connectivity index (χ3n) is 2.09. The van der Waals surface area contributed by atoms with E-state index in [9.17, 15) is 4.39 Å². The van der Waals surface area contributed by atoms with Crippen LogP contribution in [0.15, 0.2) is 47.2 Å². The molecular formula is C12H10FNO. The van der Waals surface area contributed by atoms with E-state index in [1.165, 1.54) is 12.3 Å².